The Morgan fingerprint density at radius 1 is 1.18 bits per heavy atom. The summed E-state index contributed by atoms with van der Waals surface area (Å²) < 4.78 is 5.42. The predicted octanol–water partition coefficient (Wildman–Crippen LogP) is 4.48. The highest BCUT2D eigenvalue weighted by molar-refractivity contribution is 6.16. The quantitative estimate of drug-likeness (QED) is 0.334. The lowest BCUT2D eigenvalue weighted by Crippen LogP contribution is -2.31. The van der Waals surface area contributed by atoms with Crippen molar-refractivity contribution < 1.29 is 17.2 Å². The molecule has 1 heterocycles. The van der Waals surface area contributed by atoms with Gasteiger partial charge in [-0.05, 0) is 68.9 Å². The summed E-state index contributed by atoms with van der Waals surface area (Å²) in [6.07, 6.45) is 3.90. The number of nitrogens with zero attached hydrogens (tertiary/aromatic N) is 2. The van der Waals surface area contributed by atoms with Gasteiger partial charge in [0.1, 0.15) is 17.2 Å². The van der Waals surface area contributed by atoms with E-state index in [2.05, 4.69) is 27.5 Å². The molecule has 0 spiro atoms. The molecule has 8 heteroatoms. The third kappa shape index (κ3) is 8.95. The topological polar surface area (TPSA) is 109 Å². The predicted molar refractivity (Wildman–Crippen MR) is 159 cm³/mol. The summed E-state index contributed by atoms with van der Waals surface area (Å²) in [5.41, 5.74) is 10.0. The minimum Gasteiger partial charge on any atom is -0.496 e. The third-order valence-electron chi connectivity index (χ3n) is 5.36. The van der Waals surface area contributed by atoms with Crippen molar-refractivity contribution in [3.05, 3.63) is 77.0 Å². The van der Waals surface area contributed by atoms with E-state index in [4.69, 9.17) is 10.5 Å². The van der Waals surface area contributed by atoms with Gasteiger partial charge in [0, 0.05) is 45.3 Å². The number of benzene rings is 2. The molecule has 0 radical (unpaired) electrons. The molecule has 0 fully saturated rings. The molecule has 2 amide bonds. The van der Waals surface area contributed by atoms with Gasteiger partial charge in [-0.1, -0.05) is 31.9 Å². The number of anilines is 1. The van der Waals surface area contributed by atoms with E-state index in [1.807, 2.05) is 64.0 Å². The number of aryl methyl sites for hydroxylation is 1. The molecule has 3 rings (SSSR count). The molecule has 2 aromatic rings. The molecule has 0 saturated heterocycles. The minimum atomic E-state index is -0.491. The van der Waals surface area contributed by atoms with Gasteiger partial charge in [0.05, 0.1) is 12.8 Å². The second kappa shape index (κ2) is 15.0. The van der Waals surface area contributed by atoms with Crippen LogP contribution in [0.15, 0.2) is 65.3 Å². The lowest BCUT2D eigenvalue weighted by atomic mass is 10.1. The fourth-order valence-electron chi connectivity index (χ4n) is 3.34. The van der Waals surface area contributed by atoms with Gasteiger partial charge in [0.15, 0.2) is 0 Å². The van der Waals surface area contributed by atoms with Crippen LogP contribution in [0, 0.1) is 18.8 Å². The van der Waals surface area contributed by atoms with E-state index in [1.165, 1.54) is 6.08 Å². The average molecular weight is 520 g/mol. The van der Waals surface area contributed by atoms with E-state index < -0.39 is 5.91 Å². The maximum Gasteiger partial charge on any atom is 0.271 e. The summed E-state index contributed by atoms with van der Waals surface area (Å²) in [4.78, 5) is 31.5. The number of hydrogen-bond acceptors (Lipinski definition) is 6. The first-order chi connectivity index (χ1) is 18.3. The number of likely N-dealkylation sites (N-methyl/N-ethyl adjacent to an activating group) is 1. The summed E-state index contributed by atoms with van der Waals surface area (Å²) in [7, 11) is 5.51. The van der Waals surface area contributed by atoms with Crippen LogP contribution in [-0.4, -0.2) is 56.7 Å². The van der Waals surface area contributed by atoms with Crippen molar-refractivity contribution in [3.8, 4) is 17.6 Å². The van der Waals surface area contributed by atoms with Gasteiger partial charge in [0.25, 0.3) is 11.8 Å². The zero-order valence-corrected chi connectivity index (χ0v) is 23.0. The Labute approximate surface area is 228 Å². The van der Waals surface area contributed by atoms with Crippen LogP contribution in [0.5, 0.6) is 5.75 Å². The van der Waals surface area contributed by atoms with Crippen LogP contribution < -0.4 is 21.1 Å². The molecule has 204 valence electrons. The van der Waals surface area contributed by atoms with E-state index in [1.54, 1.807) is 31.4 Å². The van der Waals surface area contributed by atoms with Gasteiger partial charge >= 0.3 is 0 Å². The summed E-state index contributed by atoms with van der Waals surface area (Å²) in [6, 6.07) is 12.4. The molecular formula is C30H41N5O3. The number of carbonyl (C=O) groups excluding carboxylic acids is 2. The van der Waals surface area contributed by atoms with Crippen molar-refractivity contribution in [1.82, 2.24) is 10.2 Å². The van der Waals surface area contributed by atoms with E-state index in [0.717, 1.165) is 23.4 Å². The standard InChI is InChI=1S/C28H31N5O3.C2H6.2H2/c1-19-9-10-21(17-26(19)36-4)25-8-6-5-7-23(31-25)18-24(29)28(35)32-22-13-11-20(12-14-22)27(34)30-15-16-33(2)3;1-2;;/h8-14,17-18H,6,15-16,29H2,1-4H3,(H,30,34)(H,32,35);1-2H3;2*1H/b24-18-;;;. The molecule has 0 saturated carbocycles. The molecule has 1 aliphatic heterocycles. The largest absolute Gasteiger partial charge is 0.496 e. The number of methoxy groups -OCH3 is 1. The van der Waals surface area contributed by atoms with Crippen LogP contribution in [0.3, 0.4) is 0 Å². The smallest absolute Gasteiger partial charge is 0.271 e. The minimum absolute atomic E-state index is 0. The number of ether oxygens (including phenoxy) is 1. The van der Waals surface area contributed by atoms with Gasteiger partial charge in [-0.3, -0.25) is 9.59 Å². The Morgan fingerprint density at radius 3 is 2.55 bits per heavy atom. The van der Waals surface area contributed by atoms with Crippen molar-refractivity contribution in [1.29, 1.82) is 0 Å². The molecular weight excluding hydrogens is 478 g/mol. The average Bonchev–Trinajstić information content (AvgIpc) is 3.15. The Morgan fingerprint density at radius 2 is 1.89 bits per heavy atom. The van der Waals surface area contributed by atoms with Gasteiger partial charge in [-0.15, -0.1) is 0 Å². The summed E-state index contributed by atoms with van der Waals surface area (Å²) in [6.45, 7) is 7.27. The second-order valence-corrected chi connectivity index (χ2v) is 8.47. The van der Waals surface area contributed by atoms with Gasteiger partial charge < -0.3 is 26.0 Å². The molecule has 0 aliphatic carbocycles. The van der Waals surface area contributed by atoms with Crippen molar-refractivity contribution in [2.45, 2.75) is 27.2 Å². The van der Waals surface area contributed by atoms with Gasteiger partial charge in [0.2, 0.25) is 0 Å². The van der Waals surface area contributed by atoms with Crippen molar-refractivity contribution in [2.75, 3.05) is 39.6 Å². The van der Waals surface area contributed by atoms with E-state index >= 15 is 0 Å². The maximum absolute atomic E-state index is 12.6. The highest BCUT2D eigenvalue weighted by Crippen LogP contribution is 2.25. The molecule has 8 nitrogen and oxygen atoms in total. The molecule has 0 bridgehead atoms. The number of hydrogen-bond donors (Lipinski definition) is 3. The van der Waals surface area contributed by atoms with Crippen LogP contribution in [0.1, 0.15) is 44.6 Å². The molecule has 4 N–H and O–H groups in total. The summed E-state index contributed by atoms with van der Waals surface area (Å²) in [5.74, 6) is 6.06. The summed E-state index contributed by atoms with van der Waals surface area (Å²) in [5, 5.41) is 5.58. The molecule has 38 heavy (non-hydrogen) atoms. The Balaban J connectivity index is 0.00000372. The van der Waals surface area contributed by atoms with Crippen molar-refractivity contribution in [2.24, 2.45) is 10.7 Å². The third-order valence-corrected chi connectivity index (χ3v) is 5.36. The molecule has 0 aromatic heterocycles. The lowest BCUT2D eigenvalue weighted by molar-refractivity contribution is -0.112. The van der Waals surface area contributed by atoms with Crippen LogP contribution in [-0.2, 0) is 4.79 Å². The first kappa shape index (κ1) is 29.9. The normalized spacial score (nSPS) is 12.6. The number of amides is 2. The lowest BCUT2D eigenvalue weighted by Gasteiger charge is -2.11. The van der Waals surface area contributed by atoms with Crippen molar-refractivity contribution >= 4 is 28.9 Å². The SMILES string of the molecule is CC.COc1cc(C2=CCC#CC(/C=C(\N)C(=O)Nc3ccc(C(=O)NCCN(C)C)cc3)=N2)ccc1C.[HH].[HH]. The van der Waals surface area contributed by atoms with Gasteiger partial charge in [-0.25, -0.2) is 4.99 Å². The Kier molecular flexibility index (Phi) is 11.8. The van der Waals surface area contributed by atoms with Crippen molar-refractivity contribution in [3.63, 3.8) is 0 Å². The summed E-state index contributed by atoms with van der Waals surface area (Å²) >= 11 is 0. The first-order valence-corrected chi connectivity index (χ1v) is 12.5. The number of nitrogens with one attached hydrogen (secondary N) is 2. The van der Waals surface area contributed by atoms with Crippen LogP contribution in [0.4, 0.5) is 5.69 Å². The van der Waals surface area contributed by atoms with E-state index in [0.29, 0.717) is 35.6 Å². The highest BCUT2D eigenvalue weighted by atomic mass is 16.5. The Bertz CT molecular complexity index is 1290. The monoisotopic (exact) mass is 519 g/mol. The fourth-order valence-corrected chi connectivity index (χ4v) is 3.34. The second-order valence-electron chi connectivity index (χ2n) is 8.47. The van der Waals surface area contributed by atoms with Crippen LogP contribution >= 0.6 is 0 Å². The van der Waals surface area contributed by atoms with Crippen LogP contribution in [0.25, 0.3) is 5.70 Å². The number of nitrogens with two attached hydrogens (primary N) is 1. The van der Waals surface area contributed by atoms with Gasteiger partial charge in [-0.2, -0.15) is 0 Å². The molecule has 1 aliphatic rings. The highest BCUT2D eigenvalue weighted by Gasteiger charge is 2.11. The molecule has 2 aromatic carbocycles. The molecule has 0 atom stereocenters. The Hall–Kier alpha value is -4.35. The van der Waals surface area contributed by atoms with Crippen LogP contribution in [0.2, 0.25) is 0 Å². The molecule has 0 unspecified atom stereocenters. The van der Waals surface area contributed by atoms with E-state index in [9.17, 15) is 9.59 Å². The van der Waals surface area contributed by atoms with E-state index in [-0.39, 0.29) is 14.5 Å². The zero-order valence-electron chi connectivity index (χ0n) is 23.0. The first-order valence-electron chi connectivity index (χ1n) is 12.5. The maximum atomic E-state index is 12.6. The zero-order chi connectivity index (χ0) is 28.1. The number of allylic oxidation sites excluding steroid dienone is 2. The fraction of sp³-hybridized carbons (Fsp3) is 0.300. The number of rotatable bonds is 9. The number of aliphatic imine (C=N–C) groups is 1. The number of carbonyl (C=O) groups is 2.